The molecule has 0 saturated carbocycles. The highest BCUT2D eigenvalue weighted by Gasteiger charge is 2.63. The van der Waals surface area contributed by atoms with Crippen molar-refractivity contribution in [3.8, 4) is 11.5 Å². The number of aromatic nitrogens is 2. The van der Waals surface area contributed by atoms with E-state index in [1.807, 2.05) is 0 Å². The number of anilines is 1. The summed E-state index contributed by atoms with van der Waals surface area (Å²) in [5.74, 6) is -1.98. The highest BCUT2D eigenvalue weighted by Crippen LogP contribution is 2.43. The molecular formula is C21H20F6N4O6S2. The summed E-state index contributed by atoms with van der Waals surface area (Å²) in [5, 5.41) is 16.0. The lowest BCUT2D eigenvalue weighted by Gasteiger charge is -2.26. The van der Waals surface area contributed by atoms with Crippen LogP contribution >= 0.6 is 11.3 Å². The van der Waals surface area contributed by atoms with E-state index >= 15 is 0 Å². The number of sulfonamides is 1. The quantitative estimate of drug-likeness (QED) is 0.246. The second-order valence-corrected chi connectivity index (χ2v) is 11.2. The average Bonchev–Trinajstić information content (AvgIpc) is 3.50. The van der Waals surface area contributed by atoms with Crippen molar-refractivity contribution in [2.75, 3.05) is 19.0 Å². The number of esters is 1. The molecule has 39 heavy (non-hydrogen) atoms. The average molecular weight is 603 g/mol. The van der Waals surface area contributed by atoms with Crippen molar-refractivity contribution < 1.29 is 53.9 Å². The number of hydrogen-bond donors (Lipinski definition) is 3. The van der Waals surface area contributed by atoms with Gasteiger partial charge < -0.3 is 19.7 Å². The van der Waals surface area contributed by atoms with Crippen molar-refractivity contribution >= 4 is 33.0 Å². The summed E-state index contributed by atoms with van der Waals surface area (Å²) in [6.07, 6.45) is -10.3. The number of halogens is 6. The van der Waals surface area contributed by atoms with Gasteiger partial charge in [-0.1, -0.05) is 5.16 Å². The molecule has 3 rings (SSSR count). The number of carbonyl (C=O) groups is 1. The highest BCUT2D eigenvalue weighted by atomic mass is 32.2. The minimum absolute atomic E-state index is 0.00139. The van der Waals surface area contributed by atoms with Crippen molar-refractivity contribution in [2.24, 2.45) is 0 Å². The molecule has 1 aromatic carbocycles. The molecule has 2 aromatic heterocycles. The Balaban J connectivity index is 1.78. The van der Waals surface area contributed by atoms with Gasteiger partial charge in [0.2, 0.25) is 10.0 Å². The number of nitrogens with one attached hydrogen (secondary N) is 2. The number of benzene rings is 1. The molecule has 1 unspecified atom stereocenters. The summed E-state index contributed by atoms with van der Waals surface area (Å²) in [6, 6.07) is 3.43. The van der Waals surface area contributed by atoms with Crippen molar-refractivity contribution in [1.29, 1.82) is 0 Å². The number of aryl methyl sites for hydroxylation is 1. The van der Waals surface area contributed by atoms with Gasteiger partial charge in [0.15, 0.2) is 5.82 Å². The minimum atomic E-state index is -5.52. The molecule has 2 heterocycles. The van der Waals surface area contributed by atoms with Crippen LogP contribution in [0.4, 0.5) is 32.0 Å². The molecule has 10 nitrogen and oxygen atoms in total. The standard InChI is InChI=1S/C21H20F6N4O6S2/c1-10(9-28-14-5-4-12(8-13(14)20(22,23)24)17-29-11(2)30-37-17)31-39(34,35)16-7-6-15(38-16)19(33,18(32)36-3)21(25,26)27/h4-8,10,28,31,33H,9H2,1-3H3/t10-,19?/m1/s1. The molecule has 0 spiro atoms. The molecule has 0 radical (unpaired) electrons. The Morgan fingerprint density at radius 1 is 1.18 bits per heavy atom. The predicted molar refractivity (Wildman–Crippen MR) is 124 cm³/mol. The maximum Gasteiger partial charge on any atom is 0.433 e. The Kier molecular flexibility index (Phi) is 8.35. The number of nitrogens with zero attached hydrogens (tertiary/aromatic N) is 2. The SMILES string of the molecule is COC(=O)C(O)(c1ccc(S(=O)(=O)N[C@H](C)CNc2ccc(-c3nc(C)no3)cc2C(F)(F)F)s1)C(F)(F)F. The molecule has 0 saturated heterocycles. The van der Waals surface area contributed by atoms with E-state index in [1.54, 1.807) is 0 Å². The van der Waals surface area contributed by atoms with Gasteiger partial charge in [-0.3, -0.25) is 0 Å². The topological polar surface area (TPSA) is 144 Å². The molecule has 3 N–H and O–H groups in total. The van der Waals surface area contributed by atoms with E-state index in [9.17, 15) is 44.7 Å². The lowest BCUT2D eigenvalue weighted by atomic mass is 10.0. The van der Waals surface area contributed by atoms with Gasteiger partial charge in [0, 0.05) is 23.8 Å². The van der Waals surface area contributed by atoms with E-state index in [-0.39, 0.29) is 40.8 Å². The molecule has 2 atom stereocenters. The van der Waals surface area contributed by atoms with Crippen LogP contribution < -0.4 is 10.0 Å². The summed E-state index contributed by atoms with van der Waals surface area (Å²) in [5.41, 5.74) is -5.59. The third-order valence-electron chi connectivity index (χ3n) is 5.15. The van der Waals surface area contributed by atoms with Crippen LogP contribution in [0.1, 0.15) is 23.2 Å². The number of aliphatic hydroxyl groups is 1. The fraction of sp³-hybridized carbons (Fsp3) is 0.381. The summed E-state index contributed by atoms with van der Waals surface area (Å²) >= 11 is -0.0295. The largest absolute Gasteiger partial charge is 0.466 e. The van der Waals surface area contributed by atoms with Crippen molar-refractivity contribution in [3.05, 3.63) is 46.6 Å². The number of thiophene rings is 1. The second kappa shape index (κ2) is 10.7. The Morgan fingerprint density at radius 2 is 1.85 bits per heavy atom. The zero-order valence-corrected chi connectivity index (χ0v) is 21.8. The molecule has 18 heteroatoms. The molecule has 0 amide bonds. The zero-order chi connectivity index (χ0) is 29.4. The Hall–Kier alpha value is -3.22. The first-order chi connectivity index (χ1) is 17.9. The minimum Gasteiger partial charge on any atom is -0.466 e. The summed E-state index contributed by atoms with van der Waals surface area (Å²) in [4.78, 5) is 14.5. The third-order valence-corrected chi connectivity index (χ3v) is 8.42. The fourth-order valence-electron chi connectivity index (χ4n) is 3.27. The first kappa shape index (κ1) is 30.3. The molecular weight excluding hydrogens is 582 g/mol. The van der Waals surface area contributed by atoms with Gasteiger partial charge in [0.05, 0.1) is 17.6 Å². The summed E-state index contributed by atoms with van der Waals surface area (Å²) in [7, 11) is -3.90. The van der Waals surface area contributed by atoms with E-state index in [0.29, 0.717) is 13.2 Å². The highest BCUT2D eigenvalue weighted by molar-refractivity contribution is 7.91. The number of hydrogen-bond acceptors (Lipinski definition) is 10. The van der Waals surface area contributed by atoms with Crippen molar-refractivity contribution in [3.63, 3.8) is 0 Å². The number of methoxy groups -OCH3 is 1. The Morgan fingerprint density at radius 3 is 2.38 bits per heavy atom. The number of alkyl halides is 6. The van der Waals surface area contributed by atoms with Crippen LogP contribution in [0.3, 0.4) is 0 Å². The Bertz CT molecular complexity index is 1450. The van der Waals surface area contributed by atoms with Gasteiger partial charge in [-0.2, -0.15) is 31.3 Å². The van der Waals surface area contributed by atoms with Gasteiger partial charge in [-0.05, 0) is 44.2 Å². The zero-order valence-electron chi connectivity index (χ0n) is 20.1. The van der Waals surface area contributed by atoms with Crippen molar-refractivity contribution in [1.82, 2.24) is 14.9 Å². The van der Waals surface area contributed by atoms with Gasteiger partial charge >= 0.3 is 18.3 Å². The Labute approximate surface area is 221 Å². The maximum atomic E-state index is 13.7. The summed E-state index contributed by atoms with van der Waals surface area (Å²) < 4.78 is 117. The van der Waals surface area contributed by atoms with Gasteiger partial charge in [0.1, 0.15) is 4.21 Å². The van der Waals surface area contributed by atoms with E-state index in [1.165, 1.54) is 19.9 Å². The maximum absolute atomic E-state index is 13.7. The molecule has 0 aliphatic carbocycles. The number of rotatable bonds is 9. The first-order valence-corrected chi connectivity index (χ1v) is 13.0. The van der Waals surface area contributed by atoms with Crippen LogP contribution in [-0.2, 0) is 31.3 Å². The second-order valence-electron chi connectivity index (χ2n) is 8.13. The first-order valence-electron chi connectivity index (χ1n) is 10.7. The fourth-order valence-corrected chi connectivity index (χ4v) is 5.94. The monoisotopic (exact) mass is 602 g/mol. The molecule has 0 aliphatic rings. The van der Waals surface area contributed by atoms with E-state index in [0.717, 1.165) is 18.2 Å². The molecule has 0 fully saturated rings. The molecule has 3 aromatic rings. The number of ether oxygens (including phenoxy) is 1. The van der Waals surface area contributed by atoms with Gasteiger partial charge in [-0.25, -0.2) is 17.9 Å². The number of carbonyl (C=O) groups excluding carboxylic acids is 1. The lowest BCUT2D eigenvalue weighted by Crippen LogP contribution is -2.49. The van der Waals surface area contributed by atoms with Crippen LogP contribution in [0, 0.1) is 6.92 Å². The lowest BCUT2D eigenvalue weighted by molar-refractivity contribution is -0.265. The van der Waals surface area contributed by atoms with Crippen LogP contribution in [0.25, 0.3) is 11.5 Å². The van der Waals surface area contributed by atoms with Crippen molar-refractivity contribution in [2.45, 2.75) is 42.1 Å². The van der Waals surface area contributed by atoms with E-state index in [4.69, 9.17) is 4.52 Å². The van der Waals surface area contributed by atoms with Crippen LogP contribution in [0.15, 0.2) is 39.1 Å². The molecule has 0 bridgehead atoms. The normalized spacial score (nSPS) is 15.0. The van der Waals surface area contributed by atoms with Gasteiger partial charge in [0.25, 0.3) is 11.5 Å². The molecule has 214 valence electrons. The van der Waals surface area contributed by atoms with E-state index in [2.05, 4.69) is 24.9 Å². The third kappa shape index (κ3) is 6.34. The smallest absolute Gasteiger partial charge is 0.433 e. The van der Waals surface area contributed by atoms with Gasteiger partial charge in [-0.15, -0.1) is 11.3 Å². The predicted octanol–water partition coefficient (Wildman–Crippen LogP) is 3.83. The van der Waals surface area contributed by atoms with Crippen LogP contribution in [0.5, 0.6) is 0 Å². The van der Waals surface area contributed by atoms with E-state index < -0.39 is 54.6 Å². The summed E-state index contributed by atoms with van der Waals surface area (Å²) in [6.45, 7) is 2.42. The van der Waals surface area contributed by atoms with Crippen LogP contribution in [-0.4, -0.2) is 55.5 Å². The molecule has 0 aliphatic heterocycles. The van der Waals surface area contributed by atoms with Crippen LogP contribution in [0.2, 0.25) is 0 Å².